The van der Waals surface area contributed by atoms with Crippen molar-refractivity contribution >= 4 is 34.5 Å². The third-order valence-corrected chi connectivity index (χ3v) is 7.66. The first-order valence-electron chi connectivity index (χ1n) is 12.9. The monoisotopic (exact) mass is 565 g/mol. The number of fused-ring (bicyclic) bond motifs is 2. The van der Waals surface area contributed by atoms with E-state index >= 15 is 0 Å². The molecular weight excluding hydrogens is 540 g/mol. The summed E-state index contributed by atoms with van der Waals surface area (Å²) < 4.78 is 30.3. The number of aromatic nitrogens is 7. The molecule has 2 fully saturated rings. The molecule has 1 saturated carbocycles. The van der Waals surface area contributed by atoms with Gasteiger partial charge in [-0.15, -0.1) is 0 Å². The minimum atomic E-state index is -2.58. The molecular formula is C26H25F2N9O4. The first kappa shape index (κ1) is 26.4. The van der Waals surface area contributed by atoms with E-state index < -0.39 is 47.5 Å². The SMILES string of the molecule is CC(=O)Cn1c(=O)c2c(ncn2[C@@H](C)C(=O)Nc2cccc(-c3cnc(N4CC5C(C4)C5(F)F)cn3)n2)n(C)c1=O. The summed E-state index contributed by atoms with van der Waals surface area (Å²) in [6.07, 6.45) is 4.31. The van der Waals surface area contributed by atoms with Gasteiger partial charge in [0.25, 0.3) is 11.5 Å². The number of piperidine rings is 1. The highest BCUT2D eigenvalue weighted by atomic mass is 19.3. The summed E-state index contributed by atoms with van der Waals surface area (Å²) in [7, 11) is 1.43. The lowest BCUT2D eigenvalue weighted by Gasteiger charge is -2.20. The fourth-order valence-corrected chi connectivity index (χ4v) is 5.26. The van der Waals surface area contributed by atoms with E-state index in [9.17, 15) is 28.0 Å². The maximum Gasteiger partial charge on any atom is 0.332 e. The molecule has 1 N–H and O–H groups in total. The molecule has 13 nitrogen and oxygen atoms in total. The largest absolute Gasteiger partial charge is 0.354 e. The summed E-state index contributed by atoms with van der Waals surface area (Å²) >= 11 is 0. The van der Waals surface area contributed by atoms with Crippen LogP contribution < -0.4 is 21.5 Å². The van der Waals surface area contributed by atoms with Crippen molar-refractivity contribution in [3.05, 3.63) is 57.8 Å². The molecule has 15 heteroatoms. The zero-order chi connectivity index (χ0) is 29.2. The molecule has 0 spiro atoms. The number of nitrogens with zero attached hydrogens (tertiary/aromatic N) is 8. The topological polar surface area (TPSA) is 150 Å². The Kier molecular flexibility index (Phi) is 6.04. The molecule has 3 atom stereocenters. The Morgan fingerprint density at radius 1 is 1.10 bits per heavy atom. The molecule has 4 aromatic heterocycles. The fraction of sp³-hybridized carbons (Fsp3) is 0.385. The molecule has 6 rings (SSSR count). The second-order valence-corrected chi connectivity index (χ2v) is 10.4. The number of anilines is 2. The molecule has 41 heavy (non-hydrogen) atoms. The van der Waals surface area contributed by atoms with Gasteiger partial charge in [0.15, 0.2) is 11.2 Å². The summed E-state index contributed by atoms with van der Waals surface area (Å²) in [4.78, 5) is 69.6. The number of amides is 1. The number of carbonyl (C=O) groups is 2. The van der Waals surface area contributed by atoms with Crippen LogP contribution in [0.1, 0.15) is 19.9 Å². The van der Waals surface area contributed by atoms with Gasteiger partial charge in [0.1, 0.15) is 29.2 Å². The maximum atomic E-state index is 13.5. The summed E-state index contributed by atoms with van der Waals surface area (Å²) in [6, 6.07) is 4.02. The number of alkyl halides is 2. The predicted molar refractivity (Wildman–Crippen MR) is 143 cm³/mol. The highest BCUT2D eigenvalue weighted by Crippen LogP contribution is 2.59. The van der Waals surface area contributed by atoms with Crippen molar-refractivity contribution in [2.45, 2.75) is 32.4 Å². The second kappa shape index (κ2) is 9.38. The Labute approximate surface area is 230 Å². The normalized spacial score (nSPS) is 19.7. The Balaban J connectivity index is 1.20. The molecule has 1 amide bonds. The van der Waals surface area contributed by atoms with Gasteiger partial charge in [0, 0.05) is 20.1 Å². The van der Waals surface area contributed by atoms with Gasteiger partial charge in [-0.25, -0.2) is 33.5 Å². The van der Waals surface area contributed by atoms with Crippen LogP contribution >= 0.6 is 0 Å². The van der Waals surface area contributed by atoms with Gasteiger partial charge in [0.2, 0.25) is 5.91 Å². The first-order valence-corrected chi connectivity index (χ1v) is 12.9. The van der Waals surface area contributed by atoms with Crippen LogP contribution in [-0.2, 0) is 23.2 Å². The van der Waals surface area contributed by atoms with Crippen molar-refractivity contribution in [1.82, 2.24) is 33.6 Å². The van der Waals surface area contributed by atoms with Crippen LogP contribution in [0, 0.1) is 11.8 Å². The van der Waals surface area contributed by atoms with E-state index in [2.05, 4.69) is 25.3 Å². The highest BCUT2D eigenvalue weighted by molar-refractivity contribution is 5.93. The average molecular weight is 566 g/mol. The van der Waals surface area contributed by atoms with Crippen LogP contribution in [0.25, 0.3) is 22.6 Å². The number of hydrogen-bond donors (Lipinski definition) is 1. The van der Waals surface area contributed by atoms with Gasteiger partial charge in [-0.1, -0.05) is 6.07 Å². The van der Waals surface area contributed by atoms with Gasteiger partial charge in [-0.2, -0.15) is 0 Å². The van der Waals surface area contributed by atoms with Gasteiger partial charge < -0.3 is 14.8 Å². The number of rotatable bonds is 7. The predicted octanol–water partition coefficient (Wildman–Crippen LogP) is 1.24. The molecule has 2 aliphatic rings. The zero-order valence-corrected chi connectivity index (χ0v) is 22.3. The number of ketones is 1. The molecule has 1 aliphatic carbocycles. The van der Waals surface area contributed by atoms with Crippen LogP contribution in [0.3, 0.4) is 0 Å². The zero-order valence-electron chi connectivity index (χ0n) is 22.3. The molecule has 2 unspecified atom stereocenters. The van der Waals surface area contributed by atoms with Gasteiger partial charge in [-0.3, -0.25) is 23.5 Å². The Morgan fingerprint density at radius 2 is 1.83 bits per heavy atom. The molecule has 1 aliphatic heterocycles. The molecule has 5 heterocycles. The smallest absolute Gasteiger partial charge is 0.332 e. The summed E-state index contributed by atoms with van der Waals surface area (Å²) in [5, 5.41) is 2.71. The summed E-state index contributed by atoms with van der Waals surface area (Å²) in [5.41, 5.74) is -0.456. The van der Waals surface area contributed by atoms with E-state index in [0.717, 1.165) is 9.13 Å². The lowest BCUT2D eigenvalue weighted by Crippen LogP contribution is -2.41. The highest BCUT2D eigenvalue weighted by Gasteiger charge is 2.71. The van der Waals surface area contributed by atoms with Gasteiger partial charge in [-0.05, 0) is 26.0 Å². The van der Waals surface area contributed by atoms with E-state index in [4.69, 9.17) is 0 Å². The van der Waals surface area contributed by atoms with Crippen LogP contribution in [0.4, 0.5) is 20.4 Å². The Morgan fingerprint density at radius 3 is 2.49 bits per heavy atom. The van der Waals surface area contributed by atoms with Crippen molar-refractivity contribution in [2.75, 3.05) is 23.3 Å². The van der Waals surface area contributed by atoms with Crippen molar-refractivity contribution < 1.29 is 18.4 Å². The minimum Gasteiger partial charge on any atom is -0.354 e. The number of carbonyl (C=O) groups excluding carboxylic acids is 2. The molecule has 4 aromatic rings. The third-order valence-electron chi connectivity index (χ3n) is 7.66. The molecule has 0 radical (unpaired) electrons. The van der Waals surface area contributed by atoms with Crippen molar-refractivity contribution in [3.8, 4) is 11.4 Å². The standard InChI is InChI=1S/C26H25F2N9O4/c1-13(38)9-36-24(40)21-22(34(3)25(36)41)31-12-37(21)14(2)23(39)33-19-6-4-5-17(32-19)18-7-30-20(8-29-18)35-10-15-16(11-35)26(15,27)28/h4-8,12,14-16H,9-11H2,1-3H3,(H,32,33,39)/t14-,15?,16?/m0/s1. The lowest BCUT2D eigenvalue weighted by molar-refractivity contribution is -0.119. The van der Waals surface area contributed by atoms with Gasteiger partial charge >= 0.3 is 5.69 Å². The number of hydrogen-bond acceptors (Lipinski definition) is 9. The molecule has 1 saturated heterocycles. The van der Waals surface area contributed by atoms with Crippen LogP contribution in [0.15, 0.2) is 46.5 Å². The first-order chi connectivity index (χ1) is 19.5. The average Bonchev–Trinajstić information content (AvgIpc) is 3.38. The number of Topliss-reactive ketones (excluding diaryl/α,β-unsaturated/α-hetero) is 1. The molecule has 0 bridgehead atoms. The van der Waals surface area contributed by atoms with Crippen molar-refractivity contribution in [1.29, 1.82) is 0 Å². The van der Waals surface area contributed by atoms with E-state index in [1.54, 1.807) is 30.0 Å². The van der Waals surface area contributed by atoms with Crippen molar-refractivity contribution in [2.24, 2.45) is 18.9 Å². The maximum absolute atomic E-state index is 13.5. The van der Waals surface area contributed by atoms with E-state index in [1.165, 1.54) is 37.3 Å². The number of halogens is 2. The second-order valence-electron chi connectivity index (χ2n) is 10.4. The fourth-order valence-electron chi connectivity index (χ4n) is 5.26. The Hall–Kier alpha value is -4.82. The number of nitrogens with one attached hydrogen (secondary N) is 1. The lowest BCUT2D eigenvalue weighted by atomic mass is 10.2. The van der Waals surface area contributed by atoms with Crippen LogP contribution in [0.2, 0.25) is 0 Å². The number of pyridine rings is 1. The van der Waals surface area contributed by atoms with Crippen LogP contribution in [-0.4, -0.2) is 64.3 Å². The van der Waals surface area contributed by atoms with E-state index in [1.807, 2.05) is 0 Å². The molecule has 0 aromatic carbocycles. The Bertz CT molecular complexity index is 1820. The van der Waals surface area contributed by atoms with E-state index in [0.29, 0.717) is 17.2 Å². The van der Waals surface area contributed by atoms with Crippen LogP contribution in [0.5, 0.6) is 0 Å². The quantitative estimate of drug-likeness (QED) is 0.349. The number of aryl methyl sites for hydroxylation is 1. The summed E-state index contributed by atoms with van der Waals surface area (Å²) in [6.45, 7) is 2.92. The van der Waals surface area contributed by atoms with Crippen molar-refractivity contribution in [3.63, 3.8) is 0 Å². The van der Waals surface area contributed by atoms with E-state index in [-0.39, 0.29) is 35.9 Å². The minimum absolute atomic E-state index is 0.00657. The summed E-state index contributed by atoms with van der Waals surface area (Å²) in [5.74, 6) is -3.97. The third kappa shape index (κ3) is 4.37. The van der Waals surface area contributed by atoms with Gasteiger partial charge in [0.05, 0.1) is 42.8 Å². The number of imidazole rings is 1. The molecule has 212 valence electrons.